The molecule has 2 atom stereocenters. The van der Waals surface area contributed by atoms with E-state index < -0.39 is 40.9 Å². The number of benzene rings is 3. The average Bonchev–Trinajstić information content (AvgIpc) is 3.31. The molecule has 5 rings (SSSR count). The zero-order chi connectivity index (χ0) is 24.1. The van der Waals surface area contributed by atoms with Crippen LogP contribution >= 0.6 is 0 Å². The number of halogens is 3. The van der Waals surface area contributed by atoms with Crippen molar-refractivity contribution in [3.63, 3.8) is 0 Å². The number of amides is 1. The lowest BCUT2D eigenvalue weighted by atomic mass is 9.94. The van der Waals surface area contributed by atoms with Gasteiger partial charge in [-0.1, -0.05) is 12.1 Å². The van der Waals surface area contributed by atoms with Crippen LogP contribution in [0.1, 0.15) is 29.7 Å². The van der Waals surface area contributed by atoms with Gasteiger partial charge in [0.2, 0.25) is 0 Å². The molecule has 1 N–H and O–H groups in total. The number of rotatable bonds is 3. The quantitative estimate of drug-likeness (QED) is 0.334. The molecule has 1 amide bonds. The number of anilines is 1. The van der Waals surface area contributed by atoms with E-state index in [-0.39, 0.29) is 17.4 Å². The van der Waals surface area contributed by atoms with Crippen LogP contribution in [0.25, 0.3) is 5.76 Å². The molecule has 0 aliphatic carbocycles. The molecule has 8 heteroatoms. The summed E-state index contributed by atoms with van der Waals surface area (Å²) in [6.45, 7) is 1.90. The van der Waals surface area contributed by atoms with Crippen LogP contribution < -0.4 is 9.64 Å². The van der Waals surface area contributed by atoms with Crippen LogP contribution in [0.5, 0.6) is 5.75 Å². The van der Waals surface area contributed by atoms with Crippen LogP contribution in [0, 0.1) is 17.5 Å². The number of hydrogen-bond donors (Lipinski definition) is 1. The first-order chi connectivity index (χ1) is 16.2. The lowest BCUT2D eigenvalue weighted by Gasteiger charge is -2.25. The van der Waals surface area contributed by atoms with Crippen LogP contribution in [-0.4, -0.2) is 22.9 Å². The van der Waals surface area contributed by atoms with E-state index in [1.54, 1.807) is 18.2 Å². The molecule has 3 aromatic carbocycles. The maximum Gasteiger partial charge on any atom is 0.300 e. The Kier molecular flexibility index (Phi) is 5.16. The molecule has 34 heavy (non-hydrogen) atoms. The molecular formula is C26H18F3NO4. The van der Waals surface area contributed by atoms with Crippen LogP contribution in [0.4, 0.5) is 18.9 Å². The lowest BCUT2D eigenvalue weighted by Crippen LogP contribution is -2.29. The minimum Gasteiger partial charge on any atom is -0.507 e. The van der Waals surface area contributed by atoms with Crippen molar-refractivity contribution in [1.29, 1.82) is 0 Å². The fraction of sp³-hybridized carbons (Fsp3) is 0.154. The number of Topliss-reactive ketones (excluding diaryl/α,β-unsaturated/α-hetero) is 1. The second-order valence-electron chi connectivity index (χ2n) is 8.27. The number of carbonyl (C=O) groups is 2. The Labute approximate surface area is 192 Å². The Balaban J connectivity index is 1.69. The van der Waals surface area contributed by atoms with E-state index in [9.17, 15) is 27.9 Å². The van der Waals surface area contributed by atoms with Crippen LogP contribution in [-0.2, 0) is 16.0 Å². The third kappa shape index (κ3) is 3.51. The molecule has 1 saturated heterocycles. The second-order valence-corrected chi connectivity index (χ2v) is 8.27. The van der Waals surface area contributed by atoms with Gasteiger partial charge in [0.1, 0.15) is 23.4 Å². The first-order valence-electron chi connectivity index (χ1n) is 10.6. The van der Waals surface area contributed by atoms with E-state index >= 15 is 0 Å². The summed E-state index contributed by atoms with van der Waals surface area (Å²) < 4.78 is 46.8. The highest BCUT2D eigenvalue weighted by Crippen LogP contribution is 2.43. The van der Waals surface area contributed by atoms with Gasteiger partial charge >= 0.3 is 0 Å². The molecule has 0 saturated carbocycles. The van der Waals surface area contributed by atoms with Crippen molar-refractivity contribution in [1.82, 2.24) is 0 Å². The topological polar surface area (TPSA) is 66.8 Å². The Morgan fingerprint density at radius 2 is 1.71 bits per heavy atom. The summed E-state index contributed by atoms with van der Waals surface area (Å²) >= 11 is 0. The molecule has 1 fully saturated rings. The third-order valence-electron chi connectivity index (χ3n) is 5.98. The van der Waals surface area contributed by atoms with Gasteiger partial charge in [-0.3, -0.25) is 14.5 Å². The maximum absolute atomic E-state index is 14.0. The number of ketones is 1. The molecule has 0 aromatic heterocycles. The summed E-state index contributed by atoms with van der Waals surface area (Å²) in [5.41, 5.74) is 1.13. The minimum absolute atomic E-state index is 0.0365. The van der Waals surface area contributed by atoms with E-state index in [2.05, 4.69) is 0 Å². The summed E-state index contributed by atoms with van der Waals surface area (Å²) in [4.78, 5) is 27.1. The Morgan fingerprint density at radius 1 is 0.971 bits per heavy atom. The summed E-state index contributed by atoms with van der Waals surface area (Å²) in [6.07, 6.45) is 0.576. The predicted molar refractivity (Wildman–Crippen MR) is 118 cm³/mol. The minimum atomic E-state index is -1.20. The van der Waals surface area contributed by atoms with Gasteiger partial charge in [-0.25, -0.2) is 13.2 Å². The normalized spacial score (nSPS) is 21.0. The lowest BCUT2D eigenvalue weighted by molar-refractivity contribution is -0.132. The van der Waals surface area contributed by atoms with Crippen LogP contribution in [0.3, 0.4) is 0 Å². The first kappa shape index (κ1) is 21.8. The largest absolute Gasteiger partial charge is 0.507 e. The molecule has 0 bridgehead atoms. The van der Waals surface area contributed by atoms with Gasteiger partial charge in [0.05, 0.1) is 11.6 Å². The molecular weight excluding hydrogens is 447 g/mol. The highest BCUT2D eigenvalue weighted by Gasteiger charge is 2.47. The molecule has 2 unspecified atom stereocenters. The van der Waals surface area contributed by atoms with Crippen molar-refractivity contribution in [3.05, 3.63) is 100 Å². The van der Waals surface area contributed by atoms with Crippen LogP contribution in [0.2, 0.25) is 0 Å². The summed E-state index contributed by atoms with van der Waals surface area (Å²) in [5, 5.41) is 11.2. The smallest absolute Gasteiger partial charge is 0.300 e. The molecule has 2 aliphatic heterocycles. The Morgan fingerprint density at radius 3 is 2.41 bits per heavy atom. The Hall–Kier alpha value is -4.07. The van der Waals surface area contributed by atoms with Gasteiger partial charge in [-0.2, -0.15) is 0 Å². The summed E-state index contributed by atoms with van der Waals surface area (Å²) in [6, 6.07) is 11.6. The van der Waals surface area contributed by atoms with Gasteiger partial charge in [0.15, 0.2) is 11.6 Å². The number of ether oxygens (including phenoxy) is 1. The van der Waals surface area contributed by atoms with E-state index in [1.165, 1.54) is 12.1 Å². The van der Waals surface area contributed by atoms with Crippen molar-refractivity contribution >= 4 is 23.1 Å². The van der Waals surface area contributed by atoms with E-state index in [0.29, 0.717) is 23.3 Å². The zero-order valence-electron chi connectivity index (χ0n) is 17.9. The monoisotopic (exact) mass is 465 g/mol. The molecule has 5 nitrogen and oxygen atoms in total. The molecule has 0 radical (unpaired) electrons. The van der Waals surface area contributed by atoms with E-state index in [0.717, 1.165) is 40.8 Å². The van der Waals surface area contributed by atoms with Gasteiger partial charge < -0.3 is 9.84 Å². The number of nitrogens with zero attached hydrogens (tertiary/aromatic N) is 1. The molecule has 2 aliphatic rings. The van der Waals surface area contributed by atoms with Gasteiger partial charge in [0, 0.05) is 23.7 Å². The third-order valence-corrected chi connectivity index (χ3v) is 5.98. The summed E-state index contributed by atoms with van der Waals surface area (Å²) in [7, 11) is 0. The van der Waals surface area contributed by atoms with Gasteiger partial charge in [0.25, 0.3) is 11.7 Å². The highest BCUT2D eigenvalue weighted by atomic mass is 19.2. The fourth-order valence-corrected chi connectivity index (χ4v) is 4.42. The van der Waals surface area contributed by atoms with Crippen molar-refractivity contribution in [3.8, 4) is 5.75 Å². The standard InChI is InChI=1S/C26H18F3NO4/c1-13-10-16-11-15(4-9-21(16)34-13)24(31)22-23(14-2-5-17(27)6-3-14)30(26(33)25(22)32)18-7-8-19(28)20(29)12-18/h2-9,11-13,23,31H,10H2,1H3/b24-22-. The number of aliphatic hydroxyl groups excluding tert-OH is 1. The molecule has 172 valence electrons. The number of hydrogen-bond acceptors (Lipinski definition) is 4. The van der Waals surface area contributed by atoms with Crippen molar-refractivity contribution < 1.29 is 32.6 Å². The average molecular weight is 465 g/mol. The zero-order valence-corrected chi connectivity index (χ0v) is 17.9. The Bertz CT molecular complexity index is 1370. The van der Waals surface area contributed by atoms with Gasteiger partial charge in [-0.05, 0) is 60.5 Å². The number of carbonyl (C=O) groups excluding carboxylic acids is 2. The number of aliphatic hydroxyl groups is 1. The van der Waals surface area contributed by atoms with Crippen LogP contribution in [0.15, 0.2) is 66.2 Å². The van der Waals surface area contributed by atoms with Crippen molar-refractivity contribution in [2.75, 3.05) is 4.90 Å². The molecule has 3 aromatic rings. The van der Waals surface area contributed by atoms with E-state index in [1.807, 2.05) is 6.92 Å². The van der Waals surface area contributed by atoms with E-state index in [4.69, 9.17) is 4.74 Å². The van der Waals surface area contributed by atoms with Crippen molar-refractivity contribution in [2.24, 2.45) is 0 Å². The van der Waals surface area contributed by atoms with Gasteiger partial charge in [-0.15, -0.1) is 0 Å². The summed E-state index contributed by atoms with van der Waals surface area (Å²) in [5.74, 6) is -4.65. The maximum atomic E-state index is 14.0. The number of fused-ring (bicyclic) bond motifs is 1. The SMILES string of the molecule is CC1Cc2cc(/C(O)=C3/C(=O)C(=O)N(c4ccc(F)c(F)c4)C3c3ccc(F)cc3)ccc2O1. The highest BCUT2D eigenvalue weighted by molar-refractivity contribution is 6.51. The fourth-order valence-electron chi connectivity index (χ4n) is 4.42. The first-order valence-corrected chi connectivity index (χ1v) is 10.6. The predicted octanol–water partition coefficient (Wildman–Crippen LogP) is 5.05. The molecule has 0 spiro atoms. The van der Waals surface area contributed by atoms with Crippen molar-refractivity contribution in [2.45, 2.75) is 25.5 Å². The second kappa shape index (κ2) is 8.06. The molecule has 2 heterocycles.